The molecule has 14 heavy (non-hydrogen) atoms. The van der Waals surface area contributed by atoms with E-state index in [1.807, 2.05) is 0 Å². The number of anilines is 1. The highest BCUT2D eigenvalue weighted by atomic mass is 35.5. The minimum Gasteiger partial charge on any atom is -0.369 e. The van der Waals surface area contributed by atoms with Crippen LogP contribution in [0.3, 0.4) is 0 Å². The molecule has 0 aliphatic rings. The van der Waals surface area contributed by atoms with Gasteiger partial charge in [-0.1, -0.05) is 23.2 Å². The summed E-state index contributed by atoms with van der Waals surface area (Å²) in [6.07, 6.45) is 3.33. The van der Waals surface area contributed by atoms with E-state index in [0.29, 0.717) is 16.0 Å². The van der Waals surface area contributed by atoms with E-state index in [1.165, 1.54) is 0 Å². The van der Waals surface area contributed by atoms with Gasteiger partial charge in [-0.3, -0.25) is 4.57 Å². The molecule has 1 aromatic carbocycles. The number of halogens is 2. The fourth-order valence-corrected chi connectivity index (χ4v) is 1.56. The second-order valence-electron chi connectivity index (χ2n) is 2.75. The van der Waals surface area contributed by atoms with Crippen molar-refractivity contribution in [3.05, 3.63) is 40.6 Å². The van der Waals surface area contributed by atoms with Crippen LogP contribution in [0.5, 0.6) is 0 Å². The van der Waals surface area contributed by atoms with E-state index in [9.17, 15) is 0 Å². The Hall–Kier alpha value is -1.19. The van der Waals surface area contributed by atoms with Gasteiger partial charge >= 0.3 is 0 Å². The van der Waals surface area contributed by atoms with Crippen LogP contribution < -0.4 is 5.73 Å². The third kappa shape index (κ3) is 1.56. The predicted octanol–water partition coefficient (Wildman–Crippen LogP) is 2.76. The molecule has 0 aliphatic heterocycles. The number of hydrogen-bond acceptors (Lipinski definition) is 2. The standard InChI is InChI=1S/C9H7Cl2N3/c10-6-1-2-7(11)8(5-6)14-4-3-13-9(14)12/h1-5H,(H2,12,13). The van der Waals surface area contributed by atoms with Crippen LogP contribution >= 0.6 is 23.2 Å². The van der Waals surface area contributed by atoms with E-state index < -0.39 is 0 Å². The van der Waals surface area contributed by atoms with E-state index >= 15 is 0 Å². The lowest BCUT2D eigenvalue weighted by Gasteiger charge is -2.06. The maximum atomic E-state index is 6.00. The molecule has 0 aliphatic carbocycles. The Morgan fingerprint density at radius 2 is 2.07 bits per heavy atom. The summed E-state index contributed by atoms with van der Waals surface area (Å²) in [6.45, 7) is 0. The zero-order valence-corrected chi connectivity index (χ0v) is 8.63. The van der Waals surface area contributed by atoms with E-state index in [0.717, 1.165) is 5.69 Å². The van der Waals surface area contributed by atoms with Crippen LogP contribution in [-0.4, -0.2) is 9.55 Å². The molecule has 0 amide bonds. The van der Waals surface area contributed by atoms with Crippen LogP contribution in [-0.2, 0) is 0 Å². The quantitative estimate of drug-likeness (QED) is 0.815. The Balaban J connectivity index is 2.62. The first-order valence-corrected chi connectivity index (χ1v) is 4.68. The Kier molecular flexibility index (Phi) is 2.35. The monoisotopic (exact) mass is 227 g/mol. The molecule has 0 fully saturated rings. The van der Waals surface area contributed by atoms with Gasteiger partial charge in [0.15, 0.2) is 0 Å². The van der Waals surface area contributed by atoms with Crippen LogP contribution in [0.25, 0.3) is 5.69 Å². The van der Waals surface area contributed by atoms with Gasteiger partial charge in [-0.2, -0.15) is 0 Å². The smallest absolute Gasteiger partial charge is 0.204 e. The Morgan fingerprint density at radius 1 is 1.29 bits per heavy atom. The summed E-state index contributed by atoms with van der Waals surface area (Å²) in [5.41, 5.74) is 6.37. The lowest BCUT2D eigenvalue weighted by atomic mass is 10.3. The number of nitrogen functional groups attached to an aromatic ring is 1. The van der Waals surface area contributed by atoms with Gasteiger partial charge < -0.3 is 5.73 Å². The number of imidazole rings is 1. The van der Waals surface area contributed by atoms with Crippen molar-refractivity contribution >= 4 is 29.2 Å². The minimum absolute atomic E-state index is 0.383. The second-order valence-corrected chi connectivity index (χ2v) is 3.59. The highest BCUT2D eigenvalue weighted by Gasteiger charge is 2.06. The molecular formula is C9H7Cl2N3. The third-order valence-electron chi connectivity index (χ3n) is 1.84. The molecule has 0 spiro atoms. The van der Waals surface area contributed by atoms with Crippen LogP contribution in [0.2, 0.25) is 10.0 Å². The van der Waals surface area contributed by atoms with E-state index in [-0.39, 0.29) is 0 Å². The van der Waals surface area contributed by atoms with Gasteiger partial charge in [-0.15, -0.1) is 0 Å². The van der Waals surface area contributed by atoms with Crippen molar-refractivity contribution in [2.45, 2.75) is 0 Å². The molecule has 2 aromatic rings. The van der Waals surface area contributed by atoms with Gasteiger partial charge in [0.1, 0.15) is 0 Å². The molecule has 2 N–H and O–H groups in total. The Morgan fingerprint density at radius 3 is 2.71 bits per heavy atom. The number of aromatic nitrogens is 2. The topological polar surface area (TPSA) is 43.8 Å². The molecule has 3 nitrogen and oxygen atoms in total. The fourth-order valence-electron chi connectivity index (χ4n) is 1.19. The van der Waals surface area contributed by atoms with Crippen molar-refractivity contribution in [2.75, 3.05) is 5.73 Å². The van der Waals surface area contributed by atoms with Gasteiger partial charge in [0.05, 0.1) is 10.7 Å². The number of benzene rings is 1. The van der Waals surface area contributed by atoms with Gasteiger partial charge in [0.25, 0.3) is 0 Å². The van der Waals surface area contributed by atoms with Crippen molar-refractivity contribution in [1.82, 2.24) is 9.55 Å². The summed E-state index contributed by atoms with van der Waals surface area (Å²) in [4.78, 5) is 3.90. The summed E-state index contributed by atoms with van der Waals surface area (Å²) in [6, 6.07) is 5.18. The number of nitrogens with zero attached hydrogens (tertiary/aromatic N) is 2. The van der Waals surface area contributed by atoms with E-state index in [1.54, 1.807) is 35.2 Å². The summed E-state index contributed by atoms with van der Waals surface area (Å²) < 4.78 is 1.67. The van der Waals surface area contributed by atoms with Crippen molar-refractivity contribution in [3.8, 4) is 5.69 Å². The highest BCUT2D eigenvalue weighted by Crippen LogP contribution is 2.25. The zero-order chi connectivity index (χ0) is 10.1. The molecule has 0 atom stereocenters. The molecule has 0 unspecified atom stereocenters. The molecule has 1 aromatic heterocycles. The molecule has 5 heteroatoms. The van der Waals surface area contributed by atoms with Crippen LogP contribution in [0, 0.1) is 0 Å². The molecular weight excluding hydrogens is 221 g/mol. The summed E-state index contributed by atoms with van der Waals surface area (Å²) in [5.74, 6) is 0.383. The maximum Gasteiger partial charge on any atom is 0.204 e. The van der Waals surface area contributed by atoms with Gasteiger partial charge in [-0.25, -0.2) is 4.98 Å². The Labute approximate surface area is 91.1 Å². The summed E-state index contributed by atoms with van der Waals surface area (Å²) in [5, 5.41) is 1.19. The maximum absolute atomic E-state index is 6.00. The molecule has 0 saturated carbocycles. The van der Waals surface area contributed by atoms with Gasteiger partial charge in [0.2, 0.25) is 5.95 Å². The number of nitrogens with two attached hydrogens (primary N) is 1. The predicted molar refractivity (Wildman–Crippen MR) is 58.0 cm³/mol. The average Bonchev–Trinajstić information content (AvgIpc) is 2.56. The first kappa shape index (κ1) is 9.37. The van der Waals surface area contributed by atoms with Crippen molar-refractivity contribution in [2.24, 2.45) is 0 Å². The van der Waals surface area contributed by atoms with E-state index in [2.05, 4.69) is 4.98 Å². The summed E-state index contributed by atoms with van der Waals surface area (Å²) >= 11 is 11.8. The zero-order valence-electron chi connectivity index (χ0n) is 7.11. The molecule has 72 valence electrons. The van der Waals surface area contributed by atoms with Crippen molar-refractivity contribution in [1.29, 1.82) is 0 Å². The normalized spacial score (nSPS) is 10.4. The minimum atomic E-state index is 0.383. The first-order valence-electron chi connectivity index (χ1n) is 3.93. The number of hydrogen-bond donors (Lipinski definition) is 1. The molecule has 2 rings (SSSR count). The molecule has 0 radical (unpaired) electrons. The van der Waals surface area contributed by atoms with Crippen LogP contribution in [0.4, 0.5) is 5.95 Å². The lowest BCUT2D eigenvalue weighted by molar-refractivity contribution is 1.07. The SMILES string of the molecule is Nc1nccn1-c1cc(Cl)ccc1Cl. The molecule has 1 heterocycles. The lowest BCUT2D eigenvalue weighted by Crippen LogP contribution is -2.00. The third-order valence-corrected chi connectivity index (χ3v) is 2.39. The van der Waals surface area contributed by atoms with Crippen molar-refractivity contribution in [3.63, 3.8) is 0 Å². The van der Waals surface area contributed by atoms with Crippen LogP contribution in [0.1, 0.15) is 0 Å². The fraction of sp³-hybridized carbons (Fsp3) is 0. The van der Waals surface area contributed by atoms with Gasteiger partial charge in [0, 0.05) is 17.4 Å². The second kappa shape index (κ2) is 3.52. The Bertz CT molecular complexity index is 465. The van der Waals surface area contributed by atoms with Crippen LogP contribution in [0.15, 0.2) is 30.6 Å². The summed E-state index contributed by atoms with van der Waals surface area (Å²) in [7, 11) is 0. The molecule has 0 bridgehead atoms. The highest BCUT2D eigenvalue weighted by molar-refractivity contribution is 6.34. The number of rotatable bonds is 1. The van der Waals surface area contributed by atoms with Gasteiger partial charge in [-0.05, 0) is 18.2 Å². The molecule has 0 saturated heterocycles. The van der Waals surface area contributed by atoms with Crippen molar-refractivity contribution < 1.29 is 0 Å². The first-order chi connectivity index (χ1) is 6.68. The largest absolute Gasteiger partial charge is 0.369 e. The average molecular weight is 228 g/mol. The van der Waals surface area contributed by atoms with E-state index in [4.69, 9.17) is 28.9 Å².